The van der Waals surface area contributed by atoms with Crippen LogP contribution in [0.25, 0.3) is 0 Å². The molecule has 0 heterocycles. The van der Waals surface area contributed by atoms with Crippen molar-refractivity contribution in [1.82, 2.24) is 0 Å². The molecule has 2 aromatic carbocycles. The van der Waals surface area contributed by atoms with Crippen LogP contribution in [0.4, 0.5) is 0 Å². The van der Waals surface area contributed by atoms with Crippen molar-refractivity contribution in [3.05, 3.63) is 71.8 Å². The number of carbonyl (C=O) groups is 2. The van der Waals surface area contributed by atoms with Gasteiger partial charge in [0.2, 0.25) is 11.2 Å². The molecule has 0 aromatic heterocycles. The molecule has 0 aliphatic heterocycles. The van der Waals surface area contributed by atoms with Crippen LogP contribution in [0.3, 0.4) is 0 Å². The van der Waals surface area contributed by atoms with Gasteiger partial charge in [-0.1, -0.05) is 60.7 Å². The molecule has 0 aliphatic rings. The third-order valence-electron chi connectivity index (χ3n) is 4.00. The first-order valence-corrected chi connectivity index (χ1v) is 7.29. The zero-order valence-corrected chi connectivity index (χ0v) is 13.3. The van der Waals surface area contributed by atoms with Gasteiger partial charge in [0.25, 0.3) is 0 Å². The molecule has 0 spiro atoms. The van der Waals surface area contributed by atoms with Gasteiger partial charge < -0.3 is 25.9 Å². The summed E-state index contributed by atoms with van der Waals surface area (Å²) in [7, 11) is 0. The number of carboxylic acids is 2. The molecule has 2 rings (SSSR count). The molecular weight excluding hydrogens is 328 g/mol. The highest BCUT2D eigenvalue weighted by Gasteiger charge is 2.60. The molecule has 2 atom stereocenters. The number of rotatable bonds is 7. The molecule has 0 saturated carbocycles. The summed E-state index contributed by atoms with van der Waals surface area (Å²) in [5.41, 5.74) is -4.99. The summed E-state index contributed by atoms with van der Waals surface area (Å²) in [5, 5.41) is 40.3. The van der Waals surface area contributed by atoms with Gasteiger partial charge in [0, 0.05) is 12.8 Å². The highest BCUT2D eigenvalue weighted by Crippen LogP contribution is 2.31. The normalized spacial score (nSPS) is 15.3. The van der Waals surface area contributed by atoms with Crippen molar-refractivity contribution in [2.75, 3.05) is 0 Å². The SMILES string of the molecule is O.O=C(O)C(O)(Cc1ccccc1)C(O)(Cc1ccccc1)C(=O)O. The Bertz CT molecular complexity index is 653. The molecule has 0 radical (unpaired) electrons. The van der Waals surface area contributed by atoms with Crippen LogP contribution in [-0.4, -0.2) is 49.0 Å². The van der Waals surface area contributed by atoms with E-state index in [1.165, 1.54) is 0 Å². The van der Waals surface area contributed by atoms with E-state index in [1.807, 2.05) is 0 Å². The fourth-order valence-electron chi connectivity index (χ4n) is 2.58. The van der Waals surface area contributed by atoms with Crippen molar-refractivity contribution < 1.29 is 35.5 Å². The van der Waals surface area contributed by atoms with Crippen LogP contribution in [-0.2, 0) is 22.4 Å². The van der Waals surface area contributed by atoms with Crippen molar-refractivity contribution in [2.24, 2.45) is 0 Å². The molecule has 0 aliphatic carbocycles. The Labute approximate surface area is 144 Å². The van der Waals surface area contributed by atoms with Crippen LogP contribution in [0.1, 0.15) is 11.1 Å². The molecule has 7 heteroatoms. The fraction of sp³-hybridized carbons (Fsp3) is 0.222. The van der Waals surface area contributed by atoms with E-state index >= 15 is 0 Å². The molecule has 2 unspecified atom stereocenters. The molecule has 6 N–H and O–H groups in total. The van der Waals surface area contributed by atoms with Gasteiger partial charge in [-0.25, -0.2) is 9.59 Å². The lowest BCUT2D eigenvalue weighted by atomic mass is 9.74. The van der Waals surface area contributed by atoms with E-state index in [0.29, 0.717) is 11.1 Å². The van der Waals surface area contributed by atoms with Crippen molar-refractivity contribution in [3.63, 3.8) is 0 Å². The second-order valence-corrected chi connectivity index (χ2v) is 5.66. The zero-order valence-electron chi connectivity index (χ0n) is 13.3. The summed E-state index contributed by atoms with van der Waals surface area (Å²) in [6.45, 7) is 0. The van der Waals surface area contributed by atoms with E-state index < -0.39 is 36.0 Å². The van der Waals surface area contributed by atoms with E-state index in [1.54, 1.807) is 60.7 Å². The minimum atomic E-state index is -2.89. The van der Waals surface area contributed by atoms with Gasteiger partial charge in [0.05, 0.1) is 0 Å². The summed E-state index contributed by atoms with van der Waals surface area (Å²) in [6, 6.07) is 16.2. The zero-order chi connectivity index (χ0) is 17.8. The Hall–Kier alpha value is -2.74. The number of benzene rings is 2. The second-order valence-electron chi connectivity index (χ2n) is 5.66. The van der Waals surface area contributed by atoms with Gasteiger partial charge in [0.15, 0.2) is 0 Å². The maximum absolute atomic E-state index is 11.7. The summed E-state index contributed by atoms with van der Waals surface area (Å²) < 4.78 is 0. The average Bonchev–Trinajstić information content (AvgIpc) is 2.56. The summed E-state index contributed by atoms with van der Waals surface area (Å²) in [6.07, 6.45) is -1.09. The predicted octanol–water partition coefficient (Wildman–Crippen LogP) is 0.278. The van der Waals surface area contributed by atoms with Crippen LogP contribution >= 0.6 is 0 Å². The largest absolute Gasteiger partial charge is 0.479 e. The quantitative estimate of drug-likeness (QED) is 0.565. The summed E-state index contributed by atoms with van der Waals surface area (Å²) in [5.74, 6) is -3.60. The number of hydrogen-bond donors (Lipinski definition) is 4. The maximum Gasteiger partial charge on any atom is 0.339 e. The number of hydrogen-bond acceptors (Lipinski definition) is 4. The average molecular weight is 348 g/mol. The van der Waals surface area contributed by atoms with Crippen LogP contribution < -0.4 is 0 Å². The van der Waals surface area contributed by atoms with E-state index in [2.05, 4.69) is 0 Å². The smallest absolute Gasteiger partial charge is 0.339 e. The van der Waals surface area contributed by atoms with E-state index in [-0.39, 0.29) is 5.48 Å². The predicted molar refractivity (Wildman–Crippen MR) is 89.1 cm³/mol. The lowest BCUT2D eigenvalue weighted by Gasteiger charge is -2.37. The van der Waals surface area contributed by atoms with E-state index in [9.17, 15) is 30.0 Å². The number of carboxylic acid groups (broad SMARTS) is 2. The standard InChI is InChI=1S/C18H18O6.H2O/c19-15(20)17(23,11-13-7-3-1-4-8-13)18(24,16(21)22)12-14-9-5-2-6-10-14;/h1-10,23-24H,11-12H2,(H,19,20)(H,21,22);1H2. The van der Waals surface area contributed by atoms with Gasteiger partial charge in [0.1, 0.15) is 0 Å². The first kappa shape index (κ1) is 20.3. The summed E-state index contributed by atoms with van der Waals surface area (Å²) >= 11 is 0. The van der Waals surface area contributed by atoms with Gasteiger partial charge in [-0.05, 0) is 11.1 Å². The minimum Gasteiger partial charge on any atom is -0.479 e. The first-order valence-electron chi connectivity index (χ1n) is 7.29. The molecule has 134 valence electrons. The van der Waals surface area contributed by atoms with E-state index in [0.717, 1.165) is 0 Å². The third kappa shape index (κ3) is 4.03. The van der Waals surface area contributed by atoms with Crippen LogP contribution in [0.15, 0.2) is 60.7 Å². The van der Waals surface area contributed by atoms with Crippen molar-refractivity contribution in [2.45, 2.75) is 24.0 Å². The van der Waals surface area contributed by atoms with Gasteiger partial charge >= 0.3 is 11.9 Å². The first-order chi connectivity index (χ1) is 11.3. The highest BCUT2D eigenvalue weighted by molar-refractivity contribution is 5.91. The second kappa shape index (κ2) is 7.89. The molecule has 0 fully saturated rings. The molecule has 2 aromatic rings. The van der Waals surface area contributed by atoms with Gasteiger partial charge in [-0.15, -0.1) is 0 Å². The Morgan fingerprint density at radius 2 is 0.960 bits per heavy atom. The Balaban J connectivity index is 0.00000312. The third-order valence-corrected chi connectivity index (χ3v) is 4.00. The Morgan fingerprint density at radius 3 is 1.20 bits per heavy atom. The van der Waals surface area contributed by atoms with Crippen molar-refractivity contribution >= 4 is 11.9 Å². The van der Waals surface area contributed by atoms with Crippen LogP contribution in [0, 0.1) is 0 Å². The molecule has 0 amide bonds. The maximum atomic E-state index is 11.7. The number of aliphatic carboxylic acids is 2. The van der Waals surface area contributed by atoms with Crippen molar-refractivity contribution in [1.29, 1.82) is 0 Å². The Kier molecular flexibility index (Phi) is 6.41. The number of aliphatic hydroxyl groups is 2. The van der Waals surface area contributed by atoms with Gasteiger partial charge in [-0.3, -0.25) is 0 Å². The Morgan fingerprint density at radius 1 is 0.680 bits per heavy atom. The molecule has 25 heavy (non-hydrogen) atoms. The van der Waals surface area contributed by atoms with E-state index in [4.69, 9.17) is 0 Å². The van der Waals surface area contributed by atoms with Crippen LogP contribution in [0.5, 0.6) is 0 Å². The monoisotopic (exact) mass is 348 g/mol. The fourth-order valence-corrected chi connectivity index (χ4v) is 2.58. The molecular formula is C18H20O7. The highest BCUT2D eigenvalue weighted by atomic mass is 16.5. The lowest BCUT2D eigenvalue weighted by Crippen LogP contribution is -2.66. The lowest BCUT2D eigenvalue weighted by molar-refractivity contribution is -0.206. The topological polar surface area (TPSA) is 147 Å². The van der Waals surface area contributed by atoms with Crippen LogP contribution in [0.2, 0.25) is 0 Å². The van der Waals surface area contributed by atoms with Crippen molar-refractivity contribution in [3.8, 4) is 0 Å². The molecule has 0 saturated heterocycles. The molecule has 0 bridgehead atoms. The summed E-state index contributed by atoms with van der Waals surface area (Å²) in [4.78, 5) is 23.4. The van der Waals surface area contributed by atoms with Gasteiger partial charge in [-0.2, -0.15) is 0 Å². The molecule has 7 nitrogen and oxygen atoms in total. The minimum absolute atomic E-state index is 0.